The van der Waals surface area contributed by atoms with Gasteiger partial charge in [0.25, 0.3) is 5.91 Å². The van der Waals surface area contributed by atoms with E-state index in [1.807, 2.05) is 0 Å². The fourth-order valence-electron chi connectivity index (χ4n) is 2.02. The lowest BCUT2D eigenvalue weighted by Crippen LogP contribution is -2.16. The Balaban J connectivity index is 1.82. The first-order valence-corrected chi connectivity index (χ1v) is 8.57. The van der Waals surface area contributed by atoms with Crippen molar-refractivity contribution in [3.8, 4) is 0 Å². The molecule has 0 fully saturated rings. The molecule has 24 heavy (non-hydrogen) atoms. The molecule has 1 N–H and O–H groups in total. The van der Waals surface area contributed by atoms with Crippen LogP contribution < -0.4 is 5.43 Å². The molecule has 0 bridgehead atoms. The average Bonchev–Trinajstić information content (AvgIpc) is 2.86. The molecule has 3 rings (SSSR count). The number of nitrogens with one attached hydrogen (secondary N) is 1. The van der Waals surface area contributed by atoms with Gasteiger partial charge in [0.05, 0.1) is 16.3 Å². The van der Waals surface area contributed by atoms with Gasteiger partial charge in [-0.15, -0.1) is 11.3 Å². The lowest BCUT2D eigenvalue weighted by Gasteiger charge is -1.98. The van der Waals surface area contributed by atoms with Crippen LogP contribution in [-0.4, -0.2) is 12.1 Å². The van der Waals surface area contributed by atoms with Gasteiger partial charge in [-0.25, -0.2) is 9.82 Å². The number of hydrazone groups is 1. The molecule has 0 aliphatic carbocycles. The minimum Gasteiger partial charge on any atom is -0.266 e. The van der Waals surface area contributed by atoms with E-state index >= 15 is 0 Å². The molecular formula is C16H8Cl3FN2OS. The second-order valence-corrected chi connectivity index (χ2v) is 7.03. The average molecular weight is 402 g/mol. The third-order valence-electron chi connectivity index (χ3n) is 3.11. The SMILES string of the molecule is O=C(N/N=C/c1ccc(F)cc1)c1sc2cc(Cl)cc(Cl)c2c1Cl. The van der Waals surface area contributed by atoms with Crippen LogP contribution in [0.4, 0.5) is 4.39 Å². The third kappa shape index (κ3) is 3.54. The summed E-state index contributed by atoms with van der Waals surface area (Å²) in [6.07, 6.45) is 1.41. The zero-order chi connectivity index (χ0) is 17.3. The van der Waals surface area contributed by atoms with Crippen LogP contribution in [0.5, 0.6) is 0 Å². The predicted molar refractivity (Wildman–Crippen MR) is 98.3 cm³/mol. The van der Waals surface area contributed by atoms with Crippen LogP contribution in [0.15, 0.2) is 41.5 Å². The number of hydrogen-bond acceptors (Lipinski definition) is 3. The molecule has 0 unspecified atom stereocenters. The summed E-state index contributed by atoms with van der Waals surface area (Å²) < 4.78 is 13.5. The highest BCUT2D eigenvalue weighted by molar-refractivity contribution is 7.21. The summed E-state index contributed by atoms with van der Waals surface area (Å²) in [5.41, 5.74) is 3.03. The molecule has 1 amide bonds. The zero-order valence-corrected chi connectivity index (χ0v) is 14.9. The number of carbonyl (C=O) groups excluding carboxylic acids is 1. The second kappa shape index (κ2) is 7.07. The fourth-order valence-corrected chi connectivity index (χ4v) is 4.29. The van der Waals surface area contributed by atoms with Crippen LogP contribution in [0.3, 0.4) is 0 Å². The molecule has 0 atom stereocenters. The lowest BCUT2D eigenvalue weighted by molar-refractivity contribution is 0.0959. The van der Waals surface area contributed by atoms with Crippen LogP contribution in [-0.2, 0) is 0 Å². The van der Waals surface area contributed by atoms with Gasteiger partial charge in [0.1, 0.15) is 10.7 Å². The molecule has 3 aromatic rings. The number of hydrogen-bond donors (Lipinski definition) is 1. The molecule has 1 heterocycles. The van der Waals surface area contributed by atoms with Gasteiger partial charge in [0, 0.05) is 15.1 Å². The normalized spacial score (nSPS) is 11.3. The maximum atomic E-state index is 12.8. The number of thiophene rings is 1. The maximum absolute atomic E-state index is 12.8. The van der Waals surface area contributed by atoms with Crippen LogP contribution in [0.2, 0.25) is 15.1 Å². The second-order valence-electron chi connectivity index (χ2n) is 4.76. The number of nitrogens with zero attached hydrogens (tertiary/aromatic N) is 1. The quantitative estimate of drug-likeness (QED) is 0.439. The first-order chi connectivity index (χ1) is 11.5. The van der Waals surface area contributed by atoms with Gasteiger partial charge < -0.3 is 0 Å². The first-order valence-electron chi connectivity index (χ1n) is 6.61. The van der Waals surface area contributed by atoms with E-state index in [1.165, 1.54) is 29.7 Å². The molecular weight excluding hydrogens is 394 g/mol. The van der Waals surface area contributed by atoms with Crippen molar-refractivity contribution in [3.05, 3.63) is 67.7 Å². The number of halogens is 4. The number of fused-ring (bicyclic) bond motifs is 1. The molecule has 0 saturated carbocycles. The van der Waals surface area contributed by atoms with Crippen molar-refractivity contribution in [1.82, 2.24) is 5.43 Å². The van der Waals surface area contributed by atoms with E-state index in [4.69, 9.17) is 34.8 Å². The summed E-state index contributed by atoms with van der Waals surface area (Å²) in [5, 5.41) is 5.53. The smallest absolute Gasteiger partial charge is 0.266 e. The molecule has 0 saturated heterocycles. The maximum Gasteiger partial charge on any atom is 0.283 e. The highest BCUT2D eigenvalue weighted by Gasteiger charge is 2.19. The summed E-state index contributed by atoms with van der Waals surface area (Å²) >= 11 is 19.5. The Morgan fingerprint density at radius 2 is 1.88 bits per heavy atom. The highest BCUT2D eigenvalue weighted by Crippen LogP contribution is 2.41. The van der Waals surface area contributed by atoms with Gasteiger partial charge in [-0.2, -0.15) is 5.10 Å². The Morgan fingerprint density at radius 1 is 1.17 bits per heavy atom. The minimum atomic E-state index is -0.466. The van der Waals surface area contributed by atoms with Gasteiger partial charge in [-0.3, -0.25) is 4.79 Å². The topological polar surface area (TPSA) is 41.5 Å². The zero-order valence-electron chi connectivity index (χ0n) is 11.8. The number of benzene rings is 2. The molecule has 2 aromatic carbocycles. The van der Waals surface area contributed by atoms with Crippen LogP contribution in [0.25, 0.3) is 10.1 Å². The van der Waals surface area contributed by atoms with E-state index in [1.54, 1.807) is 24.3 Å². The molecule has 8 heteroatoms. The Morgan fingerprint density at radius 3 is 2.58 bits per heavy atom. The molecule has 3 nitrogen and oxygen atoms in total. The fraction of sp³-hybridized carbons (Fsp3) is 0. The first kappa shape index (κ1) is 17.2. The summed E-state index contributed by atoms with van der Waals surface area (Å²) in [5.74, 6) is -0.810. The van der Waals surface area contributed by atoms with E-state index < -0.39 is 5.91 Å². The Kier molecular flexibility index (Phi) is 5.06. The molecule has 1 aromatic heterocycles. The van der Waals surface area contributed by atoms with Gasteiger partial charge in [0.15, 0.2) is 0 Å². The third-order valence-corrected chi connectivity index (χ3v) is 5.25. The number of rotatable bonds is 3. The van der Waals surface area contributed by atoms with Gasteiger partial charge in [0.2, 0.25) is 0 Å². The van der Waals surface area contributed by atoms with Gasteiger partial charge in [-0.1, -0.05) is 46.9 Å². The van der Waals surface area contributed by atoms with E-state index in [-0.39, 0.29) is 15.7 Å². The van der Waals surface area contributed by atoms with Crippen molar-refractivity contribution in [2.45, 2.75) is 0 Å². The highest BCUT2D eigenvalue weighted by atomic mass is 35.5. The molecule has 122 valence electrons. The van der Waals surface area contributed by atoms with Crippen molar-refractivity contribution >= 4 is 68.3 Å². The van der Waals surface area contributed by atoms with Crippen LogP contribution in [0.1, 0.15) is 15.2 Å². The number of carbonyl (C=O) groups is 1. The summed E-state index contributed by atoms with van der Waals surface area (Å²) in [7, 11) is 0. The predicted octanol–water partition coefficient (Wildman–Crippen LogP) is 5.76. The van der Waals surface area contributed by atoms with Crippen molar-refractivity contribution < 1.29 is 9.18 Å². The van der Waals surface area contributed by atoms with Crippen LogP contribution >= 0.6 is 46.1 Å². The standard InChI is InChI=1S/C16H8Cl3FN2OS/c17-9-5-11(18)13-12(6-9)24-15(14(13)19)16(23)22-21-7-8-1-3-10(20)4-2-8/h1-7H,(H,22,23)/b21-7+. The van der Waals surface area contributed by atoms with Crippen molar-refractivity contribution in [1.29, 1.82) is 0 Å². The largest absolute Gasteiger partial charge is 0.283 e. The van der Waals surface area contributed by atoms with Crippen molar-refractivity contribution in [3.63, 3.8) is 0 Å². The molecule has 0 radical (unpaired) electrons. The summed E-state index contributed by atoms with van der Waals surface area (Å²) in [4.78, 5) is 12.5. The Labute approximate surface area is 155 Å². The monoisotopic (exact) mass is 400 g/mol. The Bertz CT molecular complexity index is 954. The minimum absolute atomic E-state index is 0.256. The van der Waals surface area contributed by atoms with E-state index in [2.05, 4.69) is 10.5 Å². The van der Waals surface area contributed by atoms with Crippen molar-refractivity contribution in [2.24, 2.45) is 5.10 Å². The number of amides is 1. The molecule has 0 aliphatic heterocycles. The van der Waals surface area contributed by atoms with Gasteiger partial charge in [-0.05, 0) is 29.8 Å². The summed E-state index contributed by atoms with van der Waals surface area (Å²) in [6.45, 7) is 0. The van der Waals surface area contributed by atoms with Crippen molar-refractivity contribution in [2.75, 3.05) is 0 Å². The van der Waals surface area contributed by atoms with Crippen LogP contribution in [0, 0.1) is 5.82 Å². The van der Waals surface area contributed by atoms with Gasteiger partial charge >= 0.3 is 0 Å². The molecule has 0 aliphatic rings. The van der Waals surface area contributed by atoms with E-state index in [0.29, 0.717) is 25.7 Å². The van der Waals surface area contributed by atoms with E-state index in [9.17, 15) is 9.18 Å². The summed E-state index contributed by atoms with van der Waals surface area (Å²) in [6, 6.07) is 8.95. The Hall–Kier alpha value is -1.66. The van der Waals surface area contributed by atoms with E-state index in [0.717, 1.165) is 0 Å². The lowest BCUT2D eigenvalue weighted by atomic mass is 10.2. The molecule has 0 spiro atoms.